The van der Waals surface area contributed by atoms with Crippen molar-refractivity contribution in [3.8, 4) is 22.6 Å². The summed E-state index contributed by atoms with van der Waals surface area (Å²) in [6.45, 7) is 15.4. The van der Waals surface area contributed by atoms with Crippen LogP contribution in [0.1, 0.15) is 92.9 Å². The second-order valence-corrected chi connectivity index (χ2v) is 12.2. The first-order valence-corrected chi connectivity index (χ1v) is 14.7. The van der Waals surface area contributed by atoms with E-state index in [4.69, 9.17) is 9.47 Å². The van der Waals surface area contributed by atoms with Crippen LogP contribution in [0.4, 0.5) is 0 Å². The van der Waals surface area contributed by atoms with E-state index in [-0.39, 0.29) is 0 Å². The van der Waals surface area contributed by atoms with E-state index in [0.29, 0.717) is 11.8 Å². The van der Waals surface area contributed by atoms with Crippen LogP contribution in [0.25, 0.3) is 11.1 Å². The Labute approximate surface area is 224 Å². The zero-order valence-corrected chi connectivity index (χ0v) is 24.7. The summed E-state index contributed by atoms with van der Waals surface area (Å²) in [5.41, 5.74) is 2.28. The fourth-order valence-electron chi connectivity index (χ4n) is 4.36. The molecule has 0 aliphatic heterocycles. The molecule has 0 aliphatic rings. The number of rotatable bonds is 17. The Bertz CT molecular complexity index is 845. The molecule has 3 heteroatoms. The SMILES string of the molecule is CC(C)CCCC(C)CCOc1cccc(-c2cc(OCCC(C)CCCC(C)C)ccc2Br)c1. The minimum absolute atomic E-state index is 0.704. The van der Waals surface area contributed by atoms with Crippen LogP contribution in [0.5, 0.6) is 11.5 Å². The van der Waals surface area contributed by atoms with Crippen LogP contribution in [0.15, 0.2) is 46.9 Å². The molecule has 2 aromatic carbocycles. The van der Waals surface area contributed by atoms with Crippen LogP contribution in [-0.4, -0.2) is 13.2 Å². The largest absolute Gasteiger partial charge is 0.494 e. The van der Waals surface area contributed by atoms with Crippen LogP contribution in [-0.2, 0) is 0 Å². The molecule has 0 saturated heterocycles. The fraction of sp³-hybridized carbons (Fsp3) is 0.625. The summed E-state index contributed by atoms with van der Waals surface area (Å²) < 4.78 is 13.3. The summed E-state index contributed by atoms with van der Waals surface area (Å²) in [7, 11) is 0. The summed E-state index contributed by atoms with van der Waals surface area (Å²) in [5, 5.41) is 0. The standard InChI is InChI=1S/C32H49BrO2/c1-24(2)10-7-12-26(5)18-20-34-29-15-9-14-28(22-29)31-23-30(16-17-32(31)33)35-21-19-27(6)13-8-11-25(3)4/h9,14-17,22-27H,7-8,10-13,18-21H2,1-6H3. The molecule has 0 heterocycles. The summed E-state index contributed by atoms with van der Waals surface area (Å²) in [4.78, 5) is 0. The van der Waals surface area contributed by atoms with E-state index in [1.165, 1.54) is 38.5 Å². The van der Waals surface area contributed by atoms with Crippen molar-refractivity contribution in [3.63, 3.8) is 0 Å². The van der Waals surface area contributed by atoms with Gasteiger partial charge in [0, 0.05) is 4.47 Å². The van der Waals surface area contributed by atoms with Gasteiger partial charge in [-0.1, -0.05) is 108 Å². The molecule has 0 radical (unpaired) electrons. The molecule has 0 spiro atoms. The predicted octanol–water partition coefficient (Wildman–Crippen LogP) is 10.6. The molecule has 0 amide bonds. The number of ether oxygens (including phenoxy) is 2. The lowest BCUT2D eigenvalue weighted by atomic mass is 9.98. The van der Waals surface area contributed by atoms with Crippen molar-refractivity contribution in [2.24, 2.45) is 23.7 Å². The van der Waals surface area contributed by atoms with E-state index >= 15 is 0 Å². The summed E-state index contributed by atoms with van der Waals surface area (Å²) in [6.07, 6.45) is 10.1. The lowest BCUT2D eigenvalue weighted by Gasteiger charge is -2.15. The topological polar surface area (TPSA) is 18.5 Å². The molecule has 2 rings (SSSR count). The molecule has 0 N–H and O–H groups in total. The van der Waals surface area contributed by atoms with Gasteiger partial charge < -0.3 is 9.47 Å². The molecule has 0 aliphatic carbocycles. The minimum atomic E-state index is 0.704. The van der Waals surface area contributed by atoms with Crippen LogP contribution in [0.3, 0.4) is 0 Å². The average molecular weight is 546 g/mol. The Hall–Kier alpha value is -1.48. The van der Waals surface area contributed by atoms with E-state index < -0.39 is 0 Å². The zero-order valence-electron chi connectivity index (χ0n) is 23.1. The normalized spacial score (nSPS) is 13.3. The van der Waals surface area contributed by atoms with Crippen LogP contribution < -0.4 is 9.47 Å². The predicted molar refractivity (Wildman–Crippen MR) is 156 cm³/mol. The van der Waals surface area contributed by atoms with Crippen molar-refractivity contribution >= 4 is 15.9 Å². The summed E-state index contributed by atoms with van der Waals surface area (Å²) >= 11 is 3.73. The van der Waals surface area contributed by atoms with Gasteiger partial charge in [-0.25, -0.2) is 0 Å². The second kappa shape index (κ2) is 16.3. The van der Waals surface area contributed by atoms with Gasteiger partial charge in [0.2, 0.25) is 0 Å². The molecule has 0 bridgehead atoms. The lowest BCUT2D eigenvalue weighted by Crippen LogP contribution is -2.05. The summed E-state index contributed by atoms with van der Waals surface area (Å²) in [6, 6.07) is 14.7. The third-order valence-electron chi connectivity index (χ3n) is 6.80. The molecule has 0 saturated carbocycles. The molecule has 35 heavy (non-hydrogen) atoms. The fourth-order valence-corrected chi connectivity index (χ4v) is 4.84. The highest BCUT2D eigenvalue weighted by Crippen LogP contribution is 2.34. The van der Waals surface area contributed by atoms with Gasteiger partial charge in [0.1, 0.15) is 11.5 Å². The first kappa shape index (κ1) is 29.7. The van der Waals surface area contributed by atoms with Crippen LogP contribution in [0, 0.1) is 23.7 Å². The Balaban J connectivity index is 1.86. The Morgan fingerprint density at radius 2 is 1.17 bits per heavy atom. The maximum absolute atomic E-state index is 6.14. The lowest BCUT2D eigenvalue weighted by molar-refractivity contribution is 0.275. The molecule has 0 fully saturated rings. The maximum Gasteiger partial charge on any atom is 0.119 e. The number of halogens is 1. The van der Waals surface area contributed by atoms with E-state index in [1.807, 2.05) is 0 Å². The molecular weight excluding hydrogens is 496 g/mol. The first-order chi connectivity index (χ1) is 16.7. The van der Waals surface area contributed by atoms with E-state index in [9.17, 15) is 0 Å². The highest BCUT2D eigenvalue weighted by atomic mass is 79.9. The van der Waals surface area contributed by atoms with E-state index in [0.717, 1.165) is 65.0 Å². The van der Waals surface area contributed by atoms with E-state index in [1.54, 1.807) is 0 Å². The second-order valence-electron chi connectivity index (χ2n) is 11.3. The van der Waals surface area contributed by atoms with Gasteiger partial charge in [0.15, 0.2) is 0 Å². The van der Waals surface area contributed by atoms with Crippen molar-refractivity contribution in [3.05, 3.63) is 46.9 Å². The molecule has 196 valence electrons. The van der Waals surface area contributed by atoms with Gasteiger partial charge in [-0.2, -0.15) is 0 Å². The third kappa shape index (κ3) is 12.4. The molecule has 2 atom stereocenters. The van der Waals surface area contributed by atoms with Crippen molar-refractivity contribution in [2.75, 3.05) is 13.2 Å². The number of benzene rings is 2. The Morgan fingerprint density at radius 1 is 0.629 bits per heavy atom. The zero-order chi connectivity index (χ0) is 25.6. The quantitative estimate of drug-likeness (QED) is 0.197. The van der Waals surface area contributed by atoms with Crippen LogP contribution in [0.2, 0.25) is 0 Å². The maximum atomic E-state index is 6.14. The third-order valence-corrected chi connectivity index (χ3v) is 7.49. The van der Waals surface area contributed by atoms with Gasteiger partial charge in [-0.05, 0) is 78.0 Å². The summed E-state index contributed by atoms with van der Waals surface area (Å²) in [5.74, 6) is 4.87. The molecular formula is C32H49BrO2. The molecule has 2 aromatic rings. The molecule has 2 nitrogen and oxygen atoms in total. The molecule has 2 unspecified atom stereocenters. The highest BCUT2D eigenvalue weighted by Gasteiger charge is 2.09. The van der Waals surface area contributed by atoms with Crippen molar-refractivity contribution in [1.29, 1.82) is 0 Å². The Morgan fingerprint density at radius 3 is 1.71 bits per heavy atom. The highest BCUT2D eigenvalue weighted by molar-refractivity contribution is 9.10. The Kier molecular flexibility index (Phi) is 13.9. The smallest absolute Gasteiger partial charge is 0.119 e. The van der Waals surface area contributed by atoms with Gasteiger partial charge in [-0.3, -0.25) is 0 Å². The van der Waals surface area contributed by atoms with Crippen molar-refractivity contribution in [1.82, 2.24) is 0 Å². The van der Waals surface area contributed by atoms with Gasteiger partial charge in [0.25, 0.3) is 0 Å². The van der Waals surface area contributed by atoms with E-state index in [2.05, 4.69) is 99.9 Å². The van der Waals surface area contributed by atoms with Gasteiger partial charge >= 0.3 is 0 Å². The van der Waals surface area contributed by atoms with Crippen LogP contribution >= 0.6 is 15.9 Å². The van der Waals surface area contributed by atoms with Gasteiger partial charge in [-0.15, -0.1) is 0 Å². The average Bonchev–Trinajstić information content (AvgIpc) is 2.80. The minimum Gasteiger partial charge on any atom is -0.494 e. The number of hydrogen-bond donors (Lipinski definition) is 0. The van der Waals surface area contributed by atoms with Gasteiger partial charge in [0.05, 0.1) is 13.2 Å². The first-order valence-electron chi connectivity index (χ1n) is 13.9. The number of hydrogen-bond acceptors (Lipinski definition) is 2. The monoisotopic (exact) mass is 544 g/mol. The van der Waals surface area contributed by atoms with Crippen molar-refractivity contribution in [2.45, 2.75) is 92.9 Å². The molecule has 0 aromatic heterocycles. The van der Waals surface area contributed by atoms with Crippen molar-refractivity contribution < 1.29 is 9.47 Å².